The van der Waals surface area contributed by atoms with Gasteiger partial charge in [-0.1, -0.05) is 29.8 Å². The van der Waals surface area contributed by atoms with Gasteiger partial charge in [-0.3, -0.25) is 9.59 Å². The number of hydrogen-bond donors (Lipinski definition) is 1. The fourth-order valence-electron chi connectivity index (χ4n) is 2.42. The molecule has 0 bridgehead atoms. The highest BCUT2D eigenvalue weighted by atomic mass is 35.5. The van der Waals surface area contributed by atoms with E-state index in [0.29, 0.717) is 17.3 Å². The van der Waals surface area contributed by atoms with E-state index >= 15 is 0 Å². The van der Waals surface area contributed by atoms with Crippen molar-refractivity contribution >= 4 is 34.8 Å². The summed E-state index contributed by atoms with van der Waals surface area (Å²) in [4.78, 5) is 25.7. The molecule has 4 nitrogen and oxygen atoms in total. The topological polar surface area (TPSA) is 49.4 Å². The van der Waals surface area contributed by atoms with E-state index in [-0.39, 0.29) is 18.2 Å². The van der Waals surface area contributed by atoms with E-state index in [4.69, 9.17) is 11.6 Å². The maximum Gasteiger partial charge on any atom is 0.226 e. The molecule has 0 radical (unpaired) electrons. The molecule has 0 aliphatic rings. The Hall–Kier alpha value is -2.33. The number of carbonyl (C=O) groups excluding carboxylic acids is 2. The minimum atomic E-state index is -0.153. The molecular weight excluding hydrogens is 324 g/mol. The molecule has 2 aromatic rings. The molecule has 126 valence electrons. The number of carbonyl (C=O) groups is 2. The maximum absolute atomic E-state index is 12.2. The molecule has 24 heavy (non-hydrogen) atoms. The van der Waals surface area contributed by atoms with Crippen molar-refractivity contribution in [1.82, 2.24) is 0 Å². The Morgan fingerprint density at radius 1 is 1.12 bits per heavy atom. The standard InChI is InChI=1S/C19H21ClN2O2/c1-13-5-4-6-17(11-13)22(15(3)23)10-9-19(24)21-18-12-16(20)8-7-14(18)2/h4-8,11-12H,9-10H2,1-3H3,(H,21,24). The Morgan fingerprint density at radius 2 is 1.88 bits per heavy atom. The van der Waals surface area contributed by atoms with Crippen LogP contribution in [0.5, 0.6) is 0 Å². The number of aryl methyl sites for hydroxylation is 2. The second-order valence-corrected chi connectivity index (χ2v) is 6.20. The molecule has 0 heterocycles. The monoisotopic (exact) mass is 344 g/mol. The number of nitrogens with one attached hydrogen (secondary N) is 1. The molecule has 0 aliphatic heterocycles. The van der Waals surface area contributed by atoms with Gasteiger partial charge < -0.3 is 10.2 Å². The lowest BCUT2D eigenvalue weighted by Gasteiger charge is -2.21. The van der Waals surface area contributed by atoms with E-state index in [1.807, 2.05) is 44.2 Å². The zero-order valence-corrected chi connectivity index (χ0v) is 14.9. The van der Waals surface area contributed by atoms with E-state index in [2.05, 4.69) is 5.32 Å². The predicted molar refractivity (Wildman–Crippen MR) is 98.6 cm³/mol. The smallest absolute Gasteiger partial charge is 0.226 e. The van der Waals surface area contributed by atoms with Crippen LogP contribution in [0, 0.1) is 13.8 Å². The van der Waals surface area contributed by atoms with Crippen molar-refractivity contribution in [2.24, 2.45) is 0 Å². The summed E-state index contributed by atoms with van der Waals surface area (Å²) in [5.41, 5.74) is 3.50. The van der Waals surface area contributed by atoms with Gasteiger partial charge in [0.15, 0.2) is 0 Å². The molecular formula is C19H21ClN2O2. The van der Waals surface area contributed by atoms with Gasteiger partial charge in [-0.25, -0.2) is 0 Å². The average Bonchev–Trinajstić information content (AvgIpc) is 2.51. The second-order valence-electron chi connectivity index (χ2n) is 5.77. The first-order valence-corrected chi connectivity index (χ1v) is 8.15. The van der Waals surface area contributed by atoms with E-state index < -0.39 is 0 Å². The van der Waals surface area contributed by atoms with E-state index in [1.54, 1.807) is 17.0 Å². The van der Waals surface area contributed by atoms with Gasteiger partial charge in [0.25, 0.3) is 0 Å². The van der Waals surface area contributed by atoms with Gasteiger partial charge in [0.05, 0.1) is 0 Å². The molecule has 0 saturated carbocycles. The Kier molecular flexibility index (Phi) is 5.99. The number of hydrogen-bond acceptors (Lipinski definition) is 2. The normalized spacial score (nSPS) is 10.3. The van der Waals surface area contributed by atoms with Crippen LogP contribution < -0.4 is 10.2 Å². The van der Waals surface area contributed by atoms with Crippen LogP contribution in [0.4, 0.5) is 11.4 Å². The van der Waals surface area contributed by atoms with Crippen molar-refractivity contribution in [2.75, 3.05) is 16.8 Å². The fraction of sp³-hybridized carbons (Fsp3) is 0.263. The number of anilines is 2. The van der Waals surface area contributed by atoms with Crippen LogP contribution in [0.1, 0.15) is 24.5 Å². The van der Waals surface area contributed by atoms with Crippen LogP contribution >= 0.6 is 11.6 Å². The van der Waals surface area contributed by atoms with Gasteiger partial charge in [0.1, 0.15) is 0 Å². The zero-order chi connectivity index (χ0) is 17.7. The quantitative estimate of drug-likeness (QED) is 0.877. The number of halogens is 1. The largest absolute Gasteiger partial charge is 0.326 e. The zero-order valence-electron chi connectivity index (χ0n) is 14.1. The van der Waals surface area contributed by atoms with Crippen molar-refractivity contribution in [3.63, 3.8) is 0 Å². The highest BCUT2D eigenvalue weighted by Crippen LogP contribution is 2.21. The first kappa shape index (κ1) is 18.0. The maximum atomic E-state index is 12.2. The third-order valence-corrected chi connectivity index (χ3v) is 3.96. The van der Waals surface area contributed by atoms with E-state index in [1.165, 1.54) is 6.92 Å². The van der Waals surface area contributed by atoms with Crippen molar-refractivity contribution in [2.45, 2.75) is 27.2 Å². The minimum Gasteiger partial charge on any atom is -0.326 e. The number of amides is 2. The Morgan fingerprint density at radius 3 is 2.54 bits per heavy atom. The van der Waals surface area contributed by atoms with Gasteiger partial charge in [-0.15, -0.1) is 0 Å². The molecule has 0 atom stereocenters. The van der Waals surface area contributed by atoms with Gasteiger partial charge >= 0.3 is 0 Å². The van der Waals surface area contributed by atoms with Crippen molar-refractivity contribution < 1.29 is 9.59 Å². The second kappa shape index (κ2) is 7.97. The van der Waals surface area contributed by atoms with Crippen molar-refractivity contribution in [3.05, 3.63) is 58.6 Å². The molecule has 0 saturated heterocycles. The minimum absolute atomic E-state index is 0.0904. The highest BCUT2D eigenvalue weighted by Gasteiger charge is 2.14. The third-order valence-electron chi connectivity index (χ3n) is 3.73. The number of benzene rings is 2. The summed E-state index contributed by atoms with van der Waals surface area (Å²) in [5, 5.41) is 3.42. The Balaban J connectivity index is 2.03. The summed E-state index contributed by atoms with van der Waals surface area (Å²) in [7, 11) is 0. The first-order valence-electron chi connectivity index (χ1n) is 7.77. The molecule has 2 aromatic carbocycles. The van der Waals surface area contributed by atoms with Gasteiger partial charge in [0, 0.05) is 36.3 Å². The average molecular weight is 345 g/mol. The lowest BCUT2D eigenvalue weighted by atomic mass is 10.2. The summed E-state index contributed by atoms with van der Waals surface area (Å²) < 4.78 is 0. The molecule has 5 heteroatoms. The van der Waals surface area contributed by atoms with Crippen LogP contribution in [0.15, 0.2) is 42.5 Å². The van der Waals surface area contributed by atoms with E-state index in [9.17, 15) is 9.59 Å². The molecule has 0 unspecified atom stereocenters. The van der Waals surface area contributed by atoms with Crippen LogP contribution in [0.25, 0.3) is 0 Å². The summed E-state index contributed by atoms with van der Waals surface area (Å²) >= 11 is 5.96. The third kappa shape index (κ3) is 4.83. The lowest BCUT2D eigenvalue weighted by molar-refractivity contribution is -0.117. The van der Waals surface area contributed by atoms with Crippen LogP contribution in [-0.2, 0) is 9.59 Å². The summed E-state index contributed by atoms with van der Waals surface area (Å²) in [5.74, 6) is -0.244. The molecule has 0 fully saturated rings. The lowest BCUT2D eigenvalue weighted by Crippen LogP contribution is -2.32. The highest BCUT2D eigenvalue weighted by molar-refractivity contribution is 6.31. The molecule has 2 amide bonds. The van der Waals surface area contributed by atoms with Gasteiger partial charge in [-0.2, -0.15) is 0 Å². The van der Waals surface area contributed by atoms with Gasteiger partial charge in [-0.05, 0) is 49.2 Å². The van der Waals surface area contributed by atoms with Crippen LogP contribution in [0.3, 0.4) is 0 Å². The predicted octanol–water partition coefficient (Wildman–Crippen LogP) is 4.34. The van der Waals surface area contributed by atoms with Crippen LogP contribution in [0.2, 0.25) is 5.02 Å². The SMILES string of the molecule is CC(=O)N(CCC(=O)Nc1cc(Cl)ccc1C)c1cccc(C)c1. The molecule has 2 rings (SSSR count). The Bertz CT molecular complexity index is 759. The summed E-state index contributed by atoms with van der Waals surface area (Å²) in [6, 6.07) is 13.0. The van der Waals surface area contributed by atoms with Gasteiger partial charge in [0.2, 0.25) is 11.8 Å². The van der Waals surface area contributed by atoms with Crippen LogP contribution in [-0.4, -0.2) is 18.4 Å². The summed E-state index contributed by atoms with van der Waals surface area (Å²) in [6.45, 7) is 5.70. The molecule has 1 N–H and O–H groups in total. The first-order chi connectivity index (χ1) is 11.4. The molecule has 0 aliphatic carbocycles. The fourth-order valence-corrected chi connectivity index (χ4v) is 2.59. The number of nitrogens with zero attached hydrogens (tertiary/aromatic N) is 1. The van der Waals surface area contributed by atoms with Crippen molar-refractivity contribution in [3.8, 4) is 0 Å². The van der Waals surface area contributed by atoms with E-state index in [0.717, 1.165) is 16.8 Å². The molecule has 0 spiro atoms. The van der Waals surface area contributed by atoms with Crippen molar-refractivity contribution in [1.29, 1.82) is 0 Å². The Labute approximate surface area is 147 Å². The molecule has 0 aromatic heterocycles. The number of rotatable bonds is 5. The summed E-state index contributed by atoms with van der Waals surface area (Å²) in [6.07, 6.45) is 0.208.